The maximum absolute atomic E-state index is 10.6. The number of hydrogen-bond donors (Lipinski definition) is 1. The number of nitrogens with zero attached hydrogens (tertiary/aromatic N) is 1. The first kappa shape index (κ1) is 10.1. The van der Waals surface area contributed by atoms with Crippen LogP contribution >= 0.6 is 22.1 Å². The molecule has 0 amide bonds. The summed E-state index contributed by atoms with van der Waals surface area (Å²) in [4.78, 5) is 5.07. The molecule has 3 nitrogen and oxygen atoms in total. The lowest BCUT2D eigenvalue weighted by Gasteiger charge is -1.94. The number of aromatic nitrogens is 1. The summed E-state index contributed by atoms with van der Waals surface area (Å²) in [5, 5.41) is 1.01. The van der Waals surface area contributed by atoms with Gasteiger partial charge in [0.1, 0.15) is 0 Å². The monoisotopic (exact) mass is 245 g/mol. The molecule has 0 spiro atoms. The van der Waals surface area contributed by atoms with Crippen LogP contribution in [-0.4, -0.2) is 13.7 Å². The molecule has 1 N–H and O–H groups in total. The highest BCUT2D eigenvalue weighted by Crippen LogP contribution is 2.27. The van der Waals surface area contributed by atoms with Gasteiger partial charge in [-0.3, -0.25) is 4.55 Å². The van der Waals surface area contributed by atoms with Crippen molar-refractivity contribution in [1.29, 1.82) is 0 Å². The van der Waals surface area contributed by atoms with E-state index < -0.39 is 10.1 Å². The fourth-order valence-electron chi connectivity index (χ4n) is 1.16. The van der Waals surface area contributed by atoms with Crippen LogP contribution < -0.4 is 0 Å². The molecule has 0 saturated heterocycles. The summed E-state index contributed by atoms with van der Waals surface area (Å²) in [6.07, 6.45) is 0. The second kappa shape index (κ2) is 3.98. The van der Waals surface area contributed by atoms with E-state index in [4.69, 9.17) is 4.55 Å². The van der Waals surface area contributed by atoms with E-state index in [0.717, 1.165) is 30.9 Å². The van der Waals surface area contributed by atoms with E-state index in [1.807, 2.05) is 25.1 Å². The first-order chi connectivity index (χ1) is 6.65. The van der Waals surface area contributed by atoms with Crippen molar-refractivity contribution in [2.75, 3.05) is 0 Å². The molecule has 0 aliphatic heterocycles. The van der Waals surface area contributed by atoms with Gasteiger partial charge in [0.15, 0.2) is 0 Å². The van der Waals surface area contributed by atoms with E-state index in [9.17, 15) is 4.21 Å². The summed E-state index contributed by atoms with van der Waals surface area (Å²) in [6.45, 7) is 1.95. The first-order valence-corrected chi connectivity index (χ1v) is 7.07. The molecule has 2 aromatic rings. The van der Waals surface area contributed by atoms with Crippen molar-refractivity contribution in [3.63, 3.8) is 0 Å². The Bertz CT molecular complexity index is 494. The van der Waals surface area contributed by atoms with Crippen molar-refractivity contribution in [1.82, 2.24) is 4.98 Å². The highest BCUT2D eigenvalue weighted by atomic mass is 33.1. The normalized spacial score (nSPS) is 13.3. The molecule has 1 heterocycles. The molecule has 1 atom stereocenters. The molecule has 2 rings (SSSR count). The van der Waals surface area contributed by atoms with Gasteiger partial charge in [-0.1, -0.05) is 0 Å². The Labute approximate surface area is 91.2 Å². The third-order valence-corrected chi connectivity index (χ3v) is 4.18. The Kier molecular flexibility index (Phi) is 2.87. The van der Waals surface area contributed by atoms with E-state index in [1.54, 1.807) is 11.3 Å². The number of rotatable bonds is 2. The lowest BCUT2D eigenvalue weighted by atomic mass is 10.3. The van der Waals surface area contributed by atoms with E-state index in [1.165, 1.54) is 0 Å². The van der Waals surface area contributed by atoms with Crippen molar-refractivity contribution < 1.29 is 8.76 Å². The molecule has 0 bridgehead atoms. The Morgan fingerprint density at radius 3 is 3.07 bits per heavy atom. The zero-order valence-electron chi connectivity index (χ0n) is 7.26. The molecule has 0 radical (unpaired) electrons. The maximum Gasteiger partial charge on any atom is 0.221 e. The zero-order valence-corrected chi connectivity index (χ0v) is 9.71. The fraction of sp³-hybridized carbons (Fsp3) is 0.125. The van der Waals surface area contributed by atoms with Crippen LogP contribution in [0.25, 0.3) is 10.2 Å². The van der Waals surface area contributed by atoms with Gasteiger partial charge in [0.2, 0.25) is 10.1 Å². The molecule has 1 aromatic carbocycles. The minimum Gasteiger partial charge on any atom is -0.297 e. The molecule has 0 saturated carbocycles. The van der Waals surface area contributed by atoms with Gasteiger partial charge >= 0.3 is 0 Å². The van der Waals surface area contributed by atoms with Gasteiger partial charge in [-0.05, 0) is 25.1 Å². The van der Waals surface area contributed by atoms with Crippen molar-refractivity contribution >= 4 is 42.5 Å². The second-order valence-corrected chi connectivity index (χ2v) is 6.33. The summed E-state index contributed by atoms with van der Waals surface area (Å²) in [6, 6.07) is 5.59. The van der Waals surface area contributed by atoms with Gasteiger partial charge in [-0.15, -0.1) is 11.3 Å². The standard InChI is InChI=1S/C8H7NO2S3/c1-5-9-7-4-6(13-14(10)11)2-3-8(7)12-5/h2-4H,1H3,(H,10,11). The van der Waals surface area contributed by atoms with Crippen molar-refractivity contribution in [2.45, 2.75) is 11.8 Å². The van der Waals surface area contributed by atoms with E-state index in [0.29, 0.717) is 0 Å². The van der Waals surface area contributed by atoms with Gasteiger partial charge in [-0.25, -0.2) is 9.19 Å². The number of benzene rings is 1. The molecule has 6 heteroatoms. The molecule has 1 aromatic heterocycles. The molecule has 0 aliphatic carbocycles. The number of fused-ring (bicyclic) bond motifs is 1. The smallest absolute Gasteiger partial charge is 0.221 e. The summed E-state index contributed by atoms with van der Waals surface area (Å²) in [5.41, 5.74) is 0.892. The summed E-state index contributed by atoms with van der Waals surface area (Å²) >= 11 is 1.62. The van der Waals surface area contributed by atoms with Gasteiger partial charge in [0, 0.05) is 15.7 Å². The van der Waals surface area contributed by atoms with Crippen LogP contribution in [0.4, 0.5) is 0 Å². The summed E-state index contributed by atoms with van der Waals surface area (Å²) in [5.74, 6) is 0. The van der Waals surface area contributed by atoms with Crippen LogP contribution in [-0.2, 0) is 10.1 Å². The van der Waals surface area contributed by atoms with Crippen LogP contribution in [0.5, 0.6) is 0 Å². The van der Waals surface area contributed by atoms with Crippen LogP contribution in [0.2, 0.25) is 0 Å². The largest absolute Gasteiger partial charge is 0.297 e. The maximum atomic E-state index is 10.6. The Hall–Kier alpha value is -0.430. The van der Waals surface area contributed by atoms with Crippen molar-refractivity contribution in [3.8, 4) is 0 Å². The predicted molar refractivity (Wildman–Crippen MR) is 61.0 cm³/mol. The predicted octanol–water partition coefficient (Wildman–Crippen LogP) is 2.83. The van der Waals surface area contributed by atoms with Gasteiger partial charge in [-0.2, -0.15) is 0 Å². The average molecular weight is 245 g/mol. The topological polar surface area (TPSA) is 50.2 Å². The van der Waals surface area contributed by atoms with Crippen LogP contribution in [0.1, 0.15) is 5.01 Å². The van der Waals surface area contributed by atoms with Gasteiger partial charge in [0.25, 0.3) is 0 Å². The molecular formula is C8H7NO2S3. The molecule has 74 valence electrons. The number of aryl methyl sites for hydroxylation is 1. The lowest BCUT2D eigenvalue weighted by molar-refractivity contribution is 0.581. The van der Waals surface area contributed by atoms with Gasteiger partial charge in [0.05, 0.1) is 15.2 Å². The van der Waals surface area contributed by atoms with Gasteiger partial charge < -0.3 is 0 Å². The fourth-order valence-corrected chi connectivity index (χ4v) is 3.22. The summed E-state index contributed by atoms with van der Waals surface area (Å²) in [7, 11) is -0.945. The van der Waals surface area contributed by atoms with E-state index in [-0.39, 0.29) is 0 Å². The molecular weight excluding hydrogens is 238 g/mol. The average Bonchev–Trinajstić information content (AvgIpc) is 2.42. The van der Waals surface area contributed by atoms with Crippen LogP contribution in [0, 0.1) is 6.92 Å². The number of hydrogen-bond acceptors (Lipinski definition) is 4. The van der Waals surface area contributed by atoms with Crippen molar-refractivity contribution in [3.05, 3.63) is 23.2 Å². The third kappa shape index (κ3) is 2.14. The number of thiazole rings is 1. The van der Waals surface area contributed by atoms with Crippen LogP contribution in [0.15, 0.2) is 23.1 Å². The Balaban J connectivity index is 2.45. The Morgan fingerprint density at radius 1 is 1.57 bits per heavy atom. The first-order valence-electron chi connectivity index (χ1n) is 3.81. The van der Waals surface area contributed by atoms with Crippen LogP contribution in [0.3, 0.4) is 0 Å². The third-order valence-electron chi connectivity index (χ3n) is 1.63. The molecule has 1 unspecified atom stereocenters. The highest BCUT2D eigenvalue weighted by molar-refractivity contribution is 8.67. The van der Waals surface area contributed by atoms with E-state index >= 15 is 0 Å². The minimum absolute atomic E-state index is 0.767. The quantitative estimate of drug-likeness (QED) is 0.653. The molecule has 0 aliphatic rings. The SMILES string of the molecule is Cc1nc2cc(SS(=O)O)ccc2s1. The molecule has 0 fully saturated rings. The lowest BCUT2D eigenvalue weighted by Crippen LogP contribution is -1.78. The van der Waals surface area contributed by atoms with E-state index in [2.05, 4.69) is 4.98 Å². The highest BCUT2D eigenvalue weighted by Gasteiger charge is 2.04. The zero-order chi connectivity index (χ0) is 10.1. The minimum atomic E-state index is -1.86. The Morgan fingerprint density at radius 2 is 2.36 bits per heavy atom. The molecule has 14 heavy (non-hydrogen) atoms. The summed E-state index contributed by atoms with van der Waals surface area (Å²) < 4.78 is 20.4. The van der Waals surface area contributed by atoms with Crippen molar-refractivity contribution in [2.24, 2.45) is 0 Å². The second-order valence-electron chi connectivity index (χ2n) is 2.66.